The summed E-state index contributed by atoms with van der Waals surface area (Å²) in [6, 6.07) is 5.45. The lowest BCUT2D eigenvalue weighted by Gasteiger charge is -2.16. The molecular formula is C12H9BrClNO. The molecule has 1 unspecified atom stereocenters. The smallest absolute Gasteiger partial charge is 0.228 e. The monoisotopic (exact) mass is 297 g/mol. The van der Waals surface area contributed by atoms with Gasteiger partial charge in [-0.25, -0.2) is 0 Å². The van der Waals surface area contributed by atoms with Crippen LogP contribution in [0.3, 0.4) is 0 Å². The van der Waals surface area contributed by atoms with Gasteiger partial charge in [-0.3, -0.25) is 4.79 Å². The SMILES string of the molecule is C#CC1CC(=O)N(c2ccc(Br)c(Cl)c2)C1. The molecule has 1 aromatic rings. The van der Waals surface area contributed by atoms with Crippen molar-refractivity contribution in [2.75, 3.05) is 11.4 Å². The fourth-order valence-corrected chi connectivity index (χ4v) is 2.14. The van der Waals surface area contributed by atoms with Crippen LogP contribution in [0.4, 0.5) is 5.69 Å². The van der Waals surface area contributed by atoms with Crippen LogP contribution in [0.1, 0.15) is 6.42 Å². The molecule has 0 saturated carbocycles. The van der Waals surface area contributed by atoms with Crippen molar-refractivity contribution in [3.05, 3.63) is 27.7 Å². The summed E-state index contributed by atoms with van der Waals surface area (Å²) in [6.07, 6.45) is 5.75. The van der Waals surface area contributed by atoms with Crippen LogP contribution in [0.15, 0.2) is 22.7 Å². The van der Waals surface area contributed by atoms with E-state index in [-0.39, 0.29) is 11.8 Å². The predicted molar refractivity (Wildman–Crippen MR) is 68.4 cm³/mol. The third-order valence-corrected chi connectivity index (χ3v) is 3.81. The van der Waals surface area contributed by atoms with Crippen molar-refractivity contribution in [2.45, 2.75) is 6.42 Å². The number of terminal acetylenes is 1. The average molecular weight is 299 g/mol. The van der Waals surface area contributed by atoms with E-state index in [4.69, 9.17) is 18.0 Å². The first-order valence-electron chi connectivity index (χ1n) is 4.83. The Morgan fingerprint density at radius 3 is 2.88 bits per heavy atom. The first kappa shape index (κ1) is 11.5. The molecule has 0 N–H and O–H groups in total. The minimum absolute atomic E-state index is 0.00919. The molecule has 16 heavy (non-hydrogen) atoms. The van der Waals surface area contributed by atoms with Crippen LogP contribution in [-0.4, -0.2) is 12.5 Å². The molecule has 82 valence electrons. The van der Waals surface area contributed by atoms with Gasteiger partial charge >= 0.3 is 0 Å². The second-order valence-electron chi connectivity index (χ2n) is 3.67. The summed E-state index contributed by atoms with van der Waals surface area (Å²) in [6.45, 7) is 0.577. The van der Waals surface area contributed by atoms with E-state index in [0.717, 1.165) is 10.2 Å². The highest BCUT2D eigenvalue weighted by Gasteiger charge is 2.29. The Balaban J connectivity index is 2.29. The Bertz CT molecular complexity index is 480. The van der Waals surface area contributed by atoms with E-state index < -0.39 is 0 Å². The highest BCUT2D eigenvalue weighted by molar-refractivity contribution is 9.10. The quantitative estimate of drug-likeness (QED) is 0.730. The first-order chi connectivity index (χ1) is 7.61. The van der Waals surface area contributed by atoms with E-state index in [1.54, 1.807) is 11.0 Å². The lowest BCUT2D eigenvalue weighted by atomic mass is 10.1. The van der Waals surface area contributed by atoms with Crippen molar-refractivity contribution >= 4 is 39.1 Å². The molecule has 1 heterocycles. The molecule has 1 saturated heterocycles. The normalized spacial score (nSPS) is 19.9. The summed E-state index contributed by atoms with van der Waals surface area (Å²) in [5, 5.41) is 0.592. The first-order valence-corrected chi connectivity index (χ1v) is 6.00. The summed E-state index contributed by atoms with van der Waals surface area (Å²) in [5.41, 5.74) is 0.802. The van der Waals surface area contributed by atoms with Gasteiger partial charge in [0, 0.05) is 29.0 Å². The Labute approximate surface area is 108 Å². The van der Waals surface area contributed by atoms with Gasteiger partial charge < -0.3 is 4.90 Å². The van der Waals surface area contributed by atoms with Gasteiger partial charge in [-0.2, -0.15) is 0 Å². The second-order valence-corrected chi connectivity index (χ2v) is 4.93. The maximum atomic E-state index is 11.7. The van der Waals surface area contributed by atoms with Crippen molar-refractivity contribution < 1.29 is 4.79 Å². The molecule has 1 aliphatic heterocycles. The van der Waals surface area contributed by atoms with Crippen LogP contribution in [0.2, 0.25) is 5.02 Å². The topological polar surface area (TPSA) is 20.3 Å². The van der Waals surface area contributed by atoms with E-state index >= 15 is 0 Å². The van der Waals surface area contributed by atoms with Gasteiger partial charge in [0.1, 0.15) is 0 Å². The van der Waals surface area contributed by atoms with Crippen molar-refractivity contribution in [1.29, 1.82) is 0 Å². The zero-order valence-corrected chi connectivity index (χ0v) is 10.8. The minimum atomic E-state index is 0.00919. The molecule has 1 aliphatic rings. The maximum Gasteiger partial charge on any atom is 0.228 e. The number of benzene rings is 1. The number of halogens is 2. The van der Waals surface area contributed by atoms with Crippen LogP contribution in [0.25, 0.3) is 0 Å². The lowest BCUT2D eigenvalue weighted by molar-refractivity contribution is -0.117. The van der Waals surface area contributed by atoms with Crippen molar-refractivity contribution in [1.82, 2.24) is 0 Å². The zero-order valence-electron chi connectivity index (χ0n) is 8.41. The van der Waals surface area contributed by atoms with Gasteiger partial charge in [0.05, 0.1) is 5.02 Å². The van der Waals surface area contributed by atoms with Crippen LogP contribution in [0.5, 0.6) is 0 Å². The van der Waals surface area contributed by atoms with Gasteiger partial charge in [0.25, 0.3) is 0 Å². The molecule has 1 aromatic carbocycles. The fourth-order valence-electron chi connectivity index (χ4n) is 1.72. The van der Waals surface area contributed by atoms with E-state index in [1.165, 1.54) is 0 Å². The van der Waals surface area contributed by atoms with Crippen LogP contribution >= 0.6 is 27.5 Å². The number of carbonyl (C=O) groups is 1. The van der Waals surface area contributed by atoms with E-state index in [2.05, 4.69) is 21.9 Å². The van der Waals surface area contributed by atoms with Crippen molar-refractivity contribution in [3.63, 3.8) is 0 Å². The summed E-state index contributed by atoms with van der Waals surface area (Å²) in [7, 11) is 0. The Morgan fingerprint density at radius 2 is 2.31 bits per heavy atom. The van der Waals surface area contributed by atoms with E-state index in [0.29, 0.717) is 18.0 Å². The van der Waals surface area contributed by atoms with Crippen LogP contribution in [0, 0.1) is 18.3 Å². The standard InChI is InChI=1S/C12H9BrClNO/c1-2-8-5-12(16)15(7-8)9-3-4-10(13)11(14)6-9/h1,3-4,6,8H,5,7H2. The van der Waals surface area contributed by atoms with Crippen LogP contribution in [-0.2, 0) is 4.79 Å². The van der Waals surface area contributed by atoms with Gasteiger partial charge in [-0.1, -0.05) is 11.6 Å². The number of amides is 1. The molecule has 0 aliphatic carbocycles. The summed E-state index contributed by atoms with van der Waals surface area (Å²) >= 11 is 9.30. The zero-order chi connectivity index (χ0) is 11.7. The third kappa shape index (κ3) is 2.09. The molecule has 4 heteroatoms. The number of rotatable bonds is 1. The molecule has 1 amide bonds. The third-order valence-electron chi connectivity index (χ3n) is 2.58. The van der Waals surface area contributed by atoms with E-state index in [9.17, 15) is 4.79 Å². The molecule has 0 bridgehead atoms. The summed E-state index contributed by atoms with van der Waals surface area (Å²) in [4.78, 5) is 13.4. The Morgan fingerprint density at radius 1 is 1.56 bits per heavy atom. The molecule has 1 atom stereocenters. The summed E-state index contributed by atoms with van der Waals surface area (Å²) in [5.74, 6) is 2.68. The Kier molecular flexibility index (Phi) is 3.22. The number of hydrogen-bond donors (Lipinski definition) is 0. The molecule has 0 aromatic heterocycles. The summed E-state index contributed by atoms with van der Waals surface area (Å²) < 4.78 is 0.818. The molecule has 2 rings (SSSR count). The Hall–Kier alpha value is -0.980. The van der Waals surface area contributed by atoms with Gasteiger partial charge in [-0.15, -0.1) is 12.3 Å². The number of anilines is 1. The molecule has 2 nitrogen and oxygen atoms in total. The highest BCUT2D eigenvalue weighted by Crippen LogP contribution is 2.30. The lowest BCUT2D eigenvalue weighted by Crippen LogP contribution is -2.24. The fraction of sp³-hybridized carbons (Fsp3) is 0.250. The predicted octanol–water partition coefficient (Wildman–Crippen LogP) is 3.09. The van der Waals surface area contributed by atoms with Crippen LogP contribution < -0.4 is 4.90 Å². The molecule has 0 radical (unpaired) electrons. The number of carbonyl (C=O) groups excluding carboxylic acids is 1. The van der Waals surface area contributed by atoms with Gasteiger partial charge in [0.2, 0.25) is 5.91 Å². The van der Waals surface area contributed by atoms with Gasteiger partial charge in [-0.05, 0) is 34.1 Å². The van der Waals surface area contributed by atoms with E-state index in [1.807, 2.05) is 12.1 Å². The largest absolute Gasteiger partial charge is 0.311 e. The molecular weight excluding hydrogens is 289 g/mol. The average Bonchev–Trinajstić information content (AvgIpc) is 2.64. The maximum absolute atomic E-state index is 11.7. The van der Waals surface area contributed by atoms with Crippen molar-refractivity contribution in [3.8, 4) is 12.3 Å². The highest BCUT2D eigenvalue weighted by atomic mass is 79.9. The van der Waals surface area contributed by atoms with Crippen molar-refractivity contribution in [2.24, 2.45) is 5.92 Å². The van der Waals surface area contributed by atoms with Gasteiger partial charge in [0.15, 0.2) is 0 Å². The molecule has 0 spiro atoms. The number of hydrogen-bond acceptors (Lipinski definition) is 1. The number of nitrogens with zero attached hydrogens (tertiary/aromatic N) is 1. The minimum Gasteiger partial charge on any atom is -0.311 e. The molecule has 1 fully saturated rings. The second kappa shape index (κ2) is 4.48.